The van der Waals surface area contributed by atoms with E-state index in [4.69, 9.17) is 0 Å². The second-order valence-corrected chi connectivity index (χ2v) is 15.3. The summed E-state index contributed by atoms with van der Waals surface area (Å²) in [6, 6.07) is 84.8. The Balaban J connectivity index is 1.17. The number of hydrogen-bond acceptors (Lipinski definition) is 0. The molecule has 0 heterocycles. The quantitative estimate of drug-likeness (QED) is 0.149. The maximum Gasteiger partial charge on any atom is -0.00259 e. The highest BCUT2D eigenvalue weighted by Gasteiger charge is 2.19. The summed E-state index contributed by atoms with van der Waals surface area (Å²) in [5.74, 6) is 0. The molecule has 0 saturated heterocycles. The minimum atomic E-state index is 1.19. The van der Waals surface area contributed by atoms with E-state index in [1.165, 1.54) is 110 Å². The van der Waals surface area contributed by atoms with Crippen molar-refractivity contribution in [3.8, 4) is 66.8 Å². The lowest BCUT2D eigenvalue weighted by Crippen LogP contribution is -1.92. The van der Waals surface area contributed by atoms with Crippen LogP contribution in [0.25, 0.3) is 110 Å². The molecule has 0 aliphatic heterocycles. The number of rotatable bonds is 6. The van der Waals surface area contributed by atoms with Gasteiger partial charge in [0.2, 0.25) is 0 Å². The summed E-state index contributed by atoms with van der Waals surface area (Å²) >= 11 is 0. The van der Waals surface area contributed by atoms with Crippen molar-refractivity contribution < 1.29 is 0 Å². The van der Waals surface area contributed by atoms with E-state index in [0.29, 0.717) is 0 Å². The fraction of sp³-hybridized carbons (Fsp3) is 0. The highest BCUT2D eigenvalue weighted by atomic mass is 14.2. The molecule has 0 N–H and O–H groups in total. The van der Waals surface area contributed by atoms with Crippen LogP contribution in [0.2, 0.25) is 0 Å². The molecule has 0 unspecified atom stereocenters. The van der Waals surface area contributed by atoms with Gasteiger partial charge in [0, 0.05) is 0 Å². The Kier molecular flexibility index (Phi) is 8.26. The molecule has 0 fully saturated rings. The fourth-order valence-corrected chi connectivity index (χ4v) is 8.91. The first kappa shape index (κ1) is 33.8. The molecule has 0 aliphatic rings. The largest absolute Gasteiger partial charge is 0.0622 e. The molecule has 11 rings (SSSR count). The van der Waals surface area contributed by atoms with Gasteiger partial charge in [0.15, 0.2) is 0 Å². The van der Waals surface area contributed by atoms with E-state index in [1.54, 1.807) is 0 Å². The molecule has 11 aromatic rings. The Morgan fingerprint density at radius 3 is 1.03 bits per heavy atom. The summed E-state index contributed by atoms with van der Waals surface area (Å²) in [5.41, 5.74) is 14.6. The maximum atomic E-state index is 2.45. The van der Waals surface area contributed by atoms with E-state index in [0.717, 1.165) is 0 Å². The van der Waals surface area contributed by atoms with Crippen LogP contribution >= 0.6 is 0 Å². The van der Waals surface area contributed by atoms with Gasteiger partial charge >= 0.3 is 0 Å². The monoisotopic (exact) mass is 734 g/mol. The van der Waals surface area contributed by atoms with Gasteiger partial charge in [-0.25, -0.2) is 0 Å². The Morgan fingerprint density at radius 1 is 0.155 bits per heavy atom. The zero-order valence-corrected chi connectivity index (χ0v) is 31.9. The second-order valence-electron chi connectivity index (χ2n) is 15.3. The molecule has 0 aromatic heterocycles. The minimum Gasteiger partial charge on any atom is -0.0622 e. The summed E-state index contributed by atoms with van der Waals surface area (Å²) in [5, 5.41) is 9.98. The van der Waals surface area contributed by atoms with Crippen LogP contribution in [-0.2, 0) is 0 Å². The lowest BCUT2D eigenvalue weighted by molar-refractivity contribution is 1.56. The van der Waals surface area contributed by atoms with Crippen LogP contribution in [0.1, 0.15) is 0 Å². The van der Waals surface area contributed by atoms with E-state index >= 15 is 0 Å². The Bertz CT molecular complexity index is 3300. The molecule has 0 nitrogen and oxygen atoms in total. The summed E-state index contributed by atoms with van der Waals surface area (Å²) in [6.45, 7) is 0. The van der Waals surface area contributed by atoms with E-state index in [1.807, 2.05) is 0 Å². The first-order valence-electron chi connectivity index (χ1n) is 20.1. The van der Waals surface area contributed by atoms with Crippen molar-refractivity contribution >= 4 is 43.1 Å². The van der Waals surface area contributed by atoms with Crippen LogP contribution in [0.3, 0.4) is 0 Å². The molecule has 0 amide bonds. The summed E-state index contributed by atoms with van der Waals surface area (Å²) in [4.78, 5) is 0. The summed E-state index contributed by atoms with van der Waals surface area (Å²) in [7, 11) is 0. The van der Waals surface area contributed by atoms with Gasteiger partial charge in [-0.2, -0.15) is 0 Å². The number of hydrogen-bond donors (Lipinski definition) is 0. The highest BCUT2D eigenvalue weighted by Crippen LogP contribution is 2.46. The van der Waals surface area contributed by atoms with E-state index < -0.39 is 0 Å². The SMILES string of the molecule is c1ccc(-c2ccc(-c3cc(-c4ccccc4)cc(-c4ccc5c(-c6ccc7ccccc7c6)c6ccccc6c(-c6ccc7ccccc7c6)c5c4)c3)cc2)cc1. The normalized spacial score (nSPS) is 11.4. The van der Waals surface area contributed by atoms with E-state index in [9.17, 15) is 0 Å². The zero-order chi connectivity index (χ0) is 38.4. The minimum absolute atomic E-state index is 1.19. The predicted octanol–water partition coefficient (Wildman–Crippen LogP) is 16.3. The average Bonchev–Trinajstić information content (AvgIpc) is 3.30. The van der Waals surface area contributed by atoms with Gasteiger partial charge in [0.25, 0.3) is 0 Å². The third kappa shape index (κ3) is 6.04. The summed E-state index contributed by atoms with van der Waals surface area (Å²) < 4.78 is 0. The number of fused-ring (bicyclic) bond motifs is 4. The van der Waals surface area contributed by atoms with Gasteiger partial charge in [-0.3, -0.25) is 0 Å². The molecular formula is C58H38. The van der Waals surface area contributed by atoms with Crippen LogP contribution in [0, 0.1) is 0 Å². The topological polar surface area (TPSA) is 0 Å². The van der Waals surface area contributed by atoms with Crippen molar-refractivity contribution in [2.45, 2.75) is 0 Å². The van der Waals surface area contributed by atoms with Gasteiger partial charge in [-0.15, -0.1) is 0 Å². The third-order valence-corrected chi connectivity index (χ3v) is 11.8. The van der Waals surface area contributed by atoms with E-state index in [-0.39, 0.29) is 0 Å². The molecular weight excluding hydrogens is 697 g/mol. The average molecular weight is 735 g/mol. The van der Waals surface area contributed by atoms with Crippen molar-refractivity contribution in [2.24, 2.45) is 0 Å². The zero-order valence-electron chi connectivity index (χ0n) is 31.9. The molecule has 0 bridgehead atoms. The predicted molar refractivity (Wildman–Crippen MR) is 249 cm³/mol. The van der Waals surface area contributed by atoms with Gasteiger partial charge in [-0.1, -0.05) is 194 Å². The van der Waals surface area contributed by atoms with Crippen molar-refractivity contribution in [2.75, 3.05) is 0 Å². The Labute approximate surface area is 339 Å². The molecule has 0 atom stereocenters. The van der Waals surface area contributed by atoms with E-state index in [2.05, 4.69) is 231 Å². The molecule has 58 heavy (non-hydrogen) atoms. The third-order valence-electron chi connectivity index (χ3n) is 11.8. The van der Waals surface area contributed by atoms with Gasteiger partial charge in [-0.05, 0) is 146 Å². The second kappa shape index (κ2) is 14.2. The Hall–Kier alpha value is -7.54. The van der Waals surface area contributed by atoms with Crippen LogP contribution in [-0.4, -0.2) is 0 Å². The van der Waals surface area contributed by atoms with Crippen molar-refractivity contribution in [1.29, 1.82) is 0 Å². The molecule has 0 aliphatic carbocycles. The first-order valence-corrected chi connectivity index (χ1v) is 20.1. The van der Waals surface area contributed by atoms with Crippen LogP contribution in [0.5, 0.6) is 0 Å². The maximum absolute atomic E-state index is 2.45. The van der Waals surface area contributed by atoms with Crippen LogP contribution < -0.4 is 0 Å². The molecule has 0 spiro atoms. The van der Waals surface area contributed by atoms with Crippen molar-refractivity contribution in [3.63, 3.8) is 0 Å². The van der Waals surface area contributed by atoms with Gasteiger partial charge < -0.3 is 0 Å². The number of benzene rings is 11. The fourth-order valence-electron chi connectivity index (χ4n) is 8.91. The molecule has 11 aromatic carbocycles. The van der Waals surface area contributed by atoms with Crippen LogP contribution in [0.4, 0.5) is 0 Å². The van der Waals surface area contributed by atoms with Crippen molar-refractivity contribution in [3.05, 3.63) is 231 Å². The lowest BCUT2D eigenvalue weighted by atomic mass is 9.84. The van der Waals surface area contributed by atoms with Gasteiger partial charge in [0.05, 0.1) is 0 Å². The smallest absolute Gasteiger partial charge is 0.00259 e. The van der Waals surface area contributed by atoms with Crippen molar-refractivity contribution in [1.82, 2.24) is 0 Å². The molecule has 0 radical (unpaired) electrons. The van der Waals surface area contributed by atoms with Crippen LogP contribution in [0.15, 0.2) is 231 Å². The standard InChI is InChI=1S/C58H38/c1-3-13-39(14-4-1)43-23-25-44(26-24-43)51-35-50(40-15-5-2-6-16-40)36-52(37-51)47-31-32-55-56(38-47)58(49-30-28-42-18-8-10-20-46(42)34-49)54-22-12-11-21-53(54)57(55)48-29-27-41-17-7-9-19-45(41)33-48/h1-38H. The molecule has 0 heteroatoms. The lowest BCUT2D eigenvalue weighted by Gasteiger charge is -2.20. The molecule has 0 saturated carbocycles. The summed E-state index contributed by atoms with van der Waals surface area (Å²) in [6.07, 6.45) is 0. The highest BCUT2D eigenvalue weighted by molar-refractivity contribution is 6.22. The van der Waals surface area contributed by atoms with Gasteiger partial charge in [0.1, 0.15) is 0 Å². The first-order chi connectivity index (χ1) is 28.7. The molecule has 270 valence electrons. The Morgan fingerprint density at radius 2 is 0.500 bits per heavy atom.